The lowest BCUT2D eigenvalue weighted by Gasteiger charge is -2.08. The molecule has 2 aromatic rings. The summed E-state index contributed by atoms with van der Waals surface area (Å²) in [4.78, 5) is 23.7. The number of amides is 1. The molecule has 1 heterocycles. The van der Waals surface area contributed by atoms with Gasteiger partial charge in [-0.2, -0.15) is 0 Å². The molecule has 7 nitrogen and oxygen atoms in total. The Labute approximate surface area is 155 Å². The van der Waals surface area contributed by atoms with Gasteiger partial charge >= 0.3 is 5.97 Å². The van der Waals surface area contributed by atoms with Crippen molar-refractivity contribution in [1.29, 1.82) is 0 Å². The van der Waals surface area contributed by atoms with Crippen LogP contribution in [0.4, 0.5) is 4.39 Å². The van der Waals surface area contributed by atoms with Gasteiger partial charge in [0.25, 0.3) is 5.91 Å². The molecule has 142 valence electrons. The summed E-state index contributed by atoms with van der Waals surface area (Å²) in [5.74, 6) is 0.314. The van der Waals surface area contributed by atoms with Crippen molar-refractivity contribution in [1.82, 2.24) is 5.32 Å². The third kappa shape index (κ3) is 5.34. The smallest absolute Gasteiger partial charge is 0.325 e. The van der Waals surface area contributed by atoms with Crippen LogP contribution < -0.4 is 19.5 Å². The van der Waals surface area contributed by atoms with Gasteiger partial charge in [-0.15, -0.1) is 0 Å². The predicted octanol–water partition coefficient (Wildman–Crippen LogP) is 2.30. The molecule has 0 aliphatic carbocycles. The first-order valence-corrected chi connectivity index (χ1v) is 8.33. The highest BCUT2D eigenvalue weighted by atomic mass is 19.1. The van der Waals surface area contributed by atoms with E-state index in [2.05, 4.69) is 5.32 Å². The molecule has 1 amide bonds. The molecule has 27 heavy (non-hydrogen) atoms. The van der Waals surface area contributed by atoms with Crippen molar-refractivity contribution in [2.75, 3.05) is 26.6 Å². The van der Waals surface area contributed by atoms with E-state index in [0.717, 1.165) is 0 Å². The summed E-state index contributed by atoms with van der Waals surface area (Å²) >= 11 is 0. The monoisotopic (exact) mass is 375 g/mol. The van der Waals surface area contributed by atoms with E-state index in [0.29, 0.717) is 35.8 Å². The molecule has 1 aliphatic heterocycles. The molecule has 0 bridgehead atoms. The highest BCUT2D eigenvalue weighted by Crippen LogP contribution is 2.32. The molecule has 3 rings (SSSR count). The van der Waals surface area contributed by atoms with Gasteiger partial charge in [-0.3, -0.25) is 9.59 Å². The molecule has 2 aromatic carbocycles. The number of hydrogen-bond acceptors (Lipinski definition) is 6. The lowest BCUT2D eigenvalue weighted by molar-refractivity contribution is -0.142. The Morgan fingerprint density at radius 2 is 1.81 bits per heavy atom. The SMILES string of the molecule is O=C(CNC(=O)c1ccc2c(c1)OCO2)OCCCOc1ccc(F)cc1. The Bertz CT molecular complexity index is 808. The summed E-state index contributed by atoms with van der Waals surface area (Å²) in [5.41, 5.74) is 0.361. The van der Waals surface area contributed by atoms with Crippen LogP contribution in [0.25, 0.3) is 0 Å². The number of esters is 1. The van der Waals surface area contributed by atoms with E-state index in [1.54, 1.807) is 18.2 Å². The highest BCUT2D eigenvalue weighted by molar-refractivity contribution is 5.96. The molecule has 1 aliphatic rings. The zero-order valence-electron chi connectivity index (χ0n) is 14.4. The van der Waals surface area contributed by atoms with Gasteiger partial charge in [0.1, 0.15) is 18.1 Å². The van der Waals surface area contributed by atoms with Crippen LogP contribution in [0.15, 0.2) is 42.5 Å². The third-order valence-electron chi connectivity index (χ3n) is 3.66. The van der Waals surface area contributed by atoms with Crippen molar-refractivity contribution in [2.45, 2.75) is 6.42 Å². The average Bonchev–Trinajstić information content (AvgIpc) is 3.15. The van der Waals surface area contributed by atoms with Crippen LogP contribution in [0.5, 0.6) is 17.2 Å². The number of nitrogens with one attached hydrogen (secondary N) is 1. The van der Waals surface area contributed by atoms with Gasteiger partial charge in [-0.05, 0) is 42.5 Å². The standard InChI is InChI=1S/C19H18FNO6/c20-14-3-5-15(6-4-14)24-8-1-9-25-18(22)11-21-19(23)13-2-7-16-17(10-13)27-12-26-16/h2-7,10H,1,8-9,11-12H2,(H,21,23). The summed E-state index contributed by atoms with van der Waals surface area (Å²) < 4.78 is 33.5. The van der Waals surface area contributed by atoms with E-state index < -0.39 is 11.9 Å². The molecule has 0 unspecified atom stereocenters. The third-order valence-corrected chi connectivity index (χ3v) is 3.66. The van der Waals surface area contributed by atoms with E-state index in [1.165, 1.54) is 24.3 Å². The van der Waals surface area contributed by atoms with Gasteiger partial charge in [0.15, 0.2) is 11.5 Å². The number of rotatable bonds is 8. The second kappa shape index (κ2) is 8.88. The van der Waals surface area contributed by atoms with Gasteiger partial charge in [0.2, 0.25) is 6.79 Å². The fourth-order valence-electron chi connectivity index (χ4n) is 2.31. The predicted molar refractivity (Wildman–Crippen MR) is 92.4 cm³/mol. The minimum Gasteiger partial charge on any atom is -0.493 e. The zero-order valence-corrected chi connectivity index (χ0v) is 14.4. The maximum Gasteiger partial charge on any atom is 0.325 e. The molecule has 0 radical (unpaired) electrons. The fraction of sp³-hybridized carbons (Fsp3) is 0.263. The van der Waals surface area contributed by atoms with E-state index in [4.69, 9.17) is 18.9 Å². The Morgan fingerprint density at radius 3 is 2.63 bits per heavy atom. The number of carbonyl (C=O) groups is 2. The van der Waals surface area contributed by atoms with Crippen molar-refractivity contribution < 1.29 is 32.9 Å². The van der Waals surface area contributed by atoms with Crippen molar-refractivity contribution in [3.63, 3.8) is 0 Å². The highest BCUT2D eigenvalue weighted by Gasteiger charge is 2.16. The van der Waals surface area contributed by atoms with Crippen molar-refractivity contribution in [3.8, 4) is 17.2 Å². The molecule has 0 saturated heterocycles. The van der Waals surface area contributed by atoms with Crippen LogP contribution in [0.2, 0.25) is 0 Å². The Balaban J connectivity index is 1.31. The van der Waals surface area contributed by atoms with Crippen LogP contribution in [0.3, 0.4) is 0 Å². The van der Waals surface area contributed by atoms with E-state index in [9.17, 15) is 14.0 Å². The maximum absolute atomic E-state index is 12.8. The summed E-state index contributed by atoms with van der Waals surface area (Å²) in [6.45, 7) is 0.353. The summed E-state index contributed by atoms with van der Waals surface area (Å²) in [6.07, 6.45) is 0.471. The topological polar surface area (TPSA) is 83.1 Å². The number of carbonyl (C=O) groups excluding carboxylic acids is 2. The van der Waals surface area contributed by atoms with Crippen LogP contribution in [-0.2, 0) is 9.53 Å². The van der Waals surface area contributed by atoms with Gasteiger partial charge in [0.05, 0.1) is 13.2 Å². The first-order valence-electron chi connectivity index (χ1n) is 8.33. The molecular weight excluding hydrogens is 357 g/mol. The van der Waals surface area contributed by atoms with Gasteiger partial charge < -0.3 is 24.3 Å². The number of benzene rings is 2. The number of fused-ring (bicyclic) bond motifs is 1. The molecule has 0 atom stereocenters. The van der Waals surface area contributed by atoms with E-state index >= 15 is 0 Å². The van der Waals surface area contributed by atoms with Gasteiger partial charge in [-0.1, -0.05) is 0 Å². The quantitative estimate of drug-likeness (QED) is 0.563. The minimum absolute atomic E-state index is 0.123. The summed E-state index contributed by atoms with van der Waals surface area (Å²) in [7, 11) is 0. The Kier molecular flexibility index (Phi) is 6.09. The van der Waals surface area contributed by atoms with Crippen molar-refractivity contribution in [2.24, 2.45) is 0 Å². The number of ether oxygens (including phenoxy) is 4. The van der Waals surface area contributed by atoms with Crippen LogP contribution in [0.1, 0.15) is 16.8 Å². The maximum atomic E-state index is 12.8. The van der Waals surface area contributed by atoms with Gasteiger partial charge in [0, 0.05) is 12.0 Å². The molecule has 0 fully saturated rings. The fourth-order valence-corrected chi connectivity index (χ4v) is 2.31. The second-order valence-electron chi connectivity index (χ2n) is 5.63. The molecule has 0 saturated carbocycles. The van der Waals surface area contributed by atoms with Crippen LogP contribution in [0, 0.1) is 5.82 Å². The van der Waals surface area contributed by atoms with Crippen molar-refractivity contribution >= 4 is 11.9 Å². The van der Waals surface area contributed by atoms with E-state index in [1.807, 2.05) is 0 Å². The Morgan fingerprint density at radius 1 is 1.04 bits per heavy atom. The average molecular weight is 375 g/mol. The summed E-state index contributed by atoms with van der Waals surface area (Å²) in [5, 5.41) is 2.49. The lowest BCUT2D eigenvalue weighted by Crippen LogP contribution is -2.30. The van der Waals surface area contributed by atoms with Crippen LogP contribution >= 0.6 is 0 Å². The molecule has 0 aromatic heterocycles. The molecule has 8 heteroatoms. The van der Waals surface area contributed by atoms with Crippen molar-refractivity contribution in [3.05, 3.63) is 53.8 Å². The first kappa shape index (κ1) is 18.5. The molecule has 1 N–H and O–H groups in total. The first-order chi connectivity index (χ1) is 13.1. The second-order valence-corrected chi connectivity index (χ2v) is 5.63. The molecule has 0 spiro atoms. The lowest BCUT2D eigenvalue weighted by atomic mass is 10.2. The van der Waals surface area contributed by atoms with E-state index in [-0.39, 0.29) is 25.8 Å². The molecular formula is C19H18FNO6. The van der Waals surface area contributed by atoms with Crippen LogP contribution in [-0.4, -0.2) is 38.4 Å². The zero-order chi connectivity index (χ0) is 19.1. The largest absolute Gasteiger partial charge is 0.493 e. The van der Waals surface area contributed by atoms with Gasteiger partial charge in [-0.25, -0.2) is 4.39 Å². The summed E-state index contributed by atoms with van der Waals surface area (Å²) in [6, 6.07) is 10.4. The number of halogens is 1. The minimum atomic E-state index is -0.550. The normalized spacial score (nSPS) is 11.7. The Hall–Kier alpha value is -3.29. The number of hydrogen-bond donors (Lipinski definition) is 1.